The lowest BCUT2D eigenvalue weighted by molar-refractivity contribution is 0.102. The number of amides is 1. The van der Waals surface area contributed by atoms with Gasteiger partial charge in [-0.05, 0) is 64.8 Å². The van der Waals surface area contributed by atoms with Gasteiger partial charge in [-0.1, -0.05) is 17.8 Å². The normalized spacial score (nSPS) is 10.7. The molecule has 21 heavy (non-hydrogen) atoms. The molecule has 0 unspecified atom stereocenters. The summed E-state index contributed by atoms with van der Waals surface area (Å²) in [6.07, 6.45) is 0. The Morgan fingerprint density at radius 1 is 1.19 bits per heavy atom. The van der Waals surface area contributed by atoms with Gasteiger partial charge in [-0.3, -0.25) is 4.79 Å². The van der Waals surface area contributed by atoms with Crippen LogP contribution < -0.4 is 5.32 Å². The monoisotopic (exact) mass is 371 g/mol. The molecule has 0 aromatic heterocycles. The Balaban J connectivity index is 2.08. The zero-order valence-electron chi connectivity index (χ0n) is 11.1. The van der Waals surface area contributed by atoms with Gasteiger partial charge < -0.3 is 5.32 Å². The van der Waals surface area contributed by atoms with Crippen molar-refractivity contribution in [1.29, 1.82) is 0 Å². The number of hydrogen-bond donors (Lipinski definition) is 1. The lowest BCUT2D eigenvalue weighted by Gasteiger charge is -2.08. The zero-order chi connectivity index (χ0) is 15.4. The van der Waals surface area contributed by atoms with E-state index in [1.807, 2.05) is 19.1 Å². The van der Waals surface area contributed by atoms with E-state index < -0.39 is 5.76 Å². The predicted molar refractivity (Wildman–Crippen MR) is 85.1 cm³/mol. The molecular formula is C15H12BrF2NOS. The fraction of sp³-hybridized carbons (Fsp3) is 0.133. The van der Waals surface area contributed by atoms with E-state index in [-0.39, 0.29) is 5.91 Å². The summed E-state index contributed by atoms with van der Waals surface area (Å²) in [6, 6.07) is 11.7. The Labute approximate surface area is 134 Å². The second-order valence-electron chi connectivity index (χ2n) is 4.34. The van der Waals surface area contributed by atoms with Crippen molar-refractivity contribution in [3.8, 4) is 0 Å². The highest BCUT2D eigenvalue weighted by Crippen LogP contribution is 2.26. The topological polar surface area (TPSA) is 29.1 Å². The minimum absolute atomic E-state index is 0.254. The molecule has 0 aliphatic carbocycles. The molecule has 0 fully saturated rings. The van der Waals surface area contributed by atoms with Crippen molar-refractivity contribution < 1.29 is 13.6 Å². The van der Waals surface area contributed by atoms with Crippen molar-refractivity contribution in [2.45, 2.75) is 17.6 Å². The maximum absolute atomic E-state index is 12.2. The summed E-state index contributed by atoms with van der Waals surface area (Å²) in [5.74, 6) is -2.70. The Bertz CT molecular complexity index is 647. The third kappa shape index (κ3) is 4.54. The number of thioether (sulfide) groups is 1. The van der Waals surface area contributed by atoms with E-state index in [0.717, 1.165) is 5.56 Å². The molecule has 1 amide bonds. The van der Waals surface area contributed by atoms with Crippen LogP contribution in [0.2, 0.25) is 0 Å². The molecule has 0 spiro atoms. The van der Waals surface area contributed by atoms with Gasteiger partial charge in [0.1, 0.15) is 0 Å². The standard InChI is InChI=1S/C15H12BrF2NOS/c1-9-2-7-12(13(16)8-9)14(20)19-10-3-5-11(6-4-10)21-15(17)18/h2-8,15H,1H3,(H,19,20). The first-order chi connectivity index (χ1) is 9.95. The average Bonchev–Trinajstić information content (AvgIpc) is 2.40. The molecule has 2 nitrogen and oxygen atoms in total. The van der Waals surface area contributed by atoms with E-state index in [9.17, 15) is 13.6 Å². The van der Waals surface area contributed by atoms with Crippen molar-refractivity contribution in [2.75, 3.05) is 5.32 Å². The van der Waals surface area contributed by atoms with Crippen LogP contribution in [0.5, 0.6) is 0 Å². The van der Waals surface area contributed by atoms with Crippen LogP contribution >= 0.6 is 27.7 Å². The van der Waals surface area contributed by atoms with Crippen LogP contribution in [0.4, 0.5) is 14.5 Å². The number of halogens is 3. The SMILES string of the molecule is Cc1ccc(C(=O)Nc2ccc(SC(F)F)cc2)c(Br)c1. The number of carbonyl (C=O) groups excluding carboxylic acids is 1. The smallest absolute Gasteiger partial charge is 0.288 e. The number of rotatable bonds is 4. The fourth-order valence-electron chi connectivity index (χ4n) is 1.72. The van der Waals surface area contributed by atoms with E-state index in [4.69, 9.17) is 0 Å². The maximum atomic E-state index is 12.2. The summed E-state index contributed by atoms with van der Waals surface area (Å²) < 4.78 is 25.1. The van der Waals surface area contributed by atoms with E-state index in [2.05, 4.69) is 21.2 Å². The molecule has 0 saturated heterocycles. The first kappa shape index (κ1) is 16.0. The average molecular weight is 372 g/mol. The summed E-state index contributed by atoms with van der Waals surface area (Å²) in [5, 5.41) is 2.73. The van der Waals surface area contributed by atoms with E-state index >= 15 is 0 Å². The van der Waals surface area contributed by atoms with Crippen LogP contribution in [0.15, 0.2) is 51.8 Å². The molecule has 1 N–H and O–H groups in total. The van der Waals surface area contributed by atoms with E-state index in [0.29, 0.717) is 32.4 Å². The molecule has 0 aliphatic rings. The largest absolute Gasteiger partial charge is 0.322 e. The van der Waals surface area contributed by atoms with Crippen LogP contribution in [-0.2, 0) is 0 Å². The Kier molecular flexibility index (Phi) is 5.36. The Morgan fingerprint density at radius 2 is 1.86 bits per heavy atom. The highest BCUT2D eigenvalue weighted by molar-refractivity contribution is 9.10. The fourth-order valence-corrected chi connectivity index (χ4v) is 2.89. The first-order valence-electron chi connectivity index (χ1n) is 6.08. The second-order valence-corrected chi connectivity index (χ2v) is 6.26. The molecular weight excluding hydrogens is 360 g/mol. The van der Waals surface area contributed by atoms with Gasteiger partial charge in [0.15, 0.2) is 0 Å². The molecule has 2 rings (SSSR count). The number of anilines is 1. The summed E-state index contributed by atoms with van der Waals surface area (Å²) >= 11 is 3.83. The second kappa shape index (κ2) is 7.04. The van der Waals surface area contributed by atoms with Crippen molar-refractivity contribution in [1.82, 2.24) is 0 Å². The molecule has 0 saturated carbocycles. The van der Waals surface area contributed by atoms with Gasteiger partial charge >= 0.3 is 0 Å². The molecule has 0 heterocycles. The highest BCUT2D eigenvalue weighted by atomic mass is 79.9. The van der Waals surface area contributed by atoms with Crippen LogP contribution in [0.25, 0.3) is 0 Å². The number of hydrogen-bond acceptors (Lipinski definition) is 2. The van der Waals surface area contributed by atoms with Gasteiger partial charge in [0, 0.05) is 15.1 Å². The van der Waals surface area contributed by atoms with Crippen LogP contribution in [0, 0.1) is 6.92 Å². The summed E-state index contributed by atoms with van der Waals surface area (Å²) in [5.41, 5.74) is 2.13. The van der Waals surface area contributed by atoms with Gasteiger partial charge in [0.2, 0.25) is 0 Å². The number of benzene rings is 2. The third-order valence-corrected chi connectivity index (χ3v) is 4.09. The molecule has 0 bridgehead atoms. The van der Waals surface area contributed by atoms with Crippen molar-refractivity contribution in [3.63, 3.8) is 0 Å². The quantitative estimate of drug-likeness (QED) is 0.736. The van der Waals surface area contributed by atoms with Gasteiger partial charge in [-0.2, -0.15) is 8.78 Å². The van der Waals surface area contributed by atoms with Crippen LogP contribution in [0.3, 0.4) is 0 Å². The lowest BCUT2D eigenvalue weighted by atomic mass is 10.1. The Hall–Kier alpha value is -1.40. The summed E-state index contributed by atoms with van der Waals surface area (Å²) in [7, 11) is 0. The predicted octanol–water partition coefficient (Wildman–Crippen LogP) is 5.32. The number of alkyl halides is 2. The van der Waals surface area contributed by atoms with Gasteiger partial charge in [0.25, 0.3) is 11.7 Å². The number of nitrogens with one attached hydrogen (secondary N) is 1. The Morgan fingerprint density at radius 3 is 2.43 bits per heavy atom. The molecule has 0 radical (unpaired) electrons. The molecule has 110 valence electrons. The molecule has 2 aromatic rings. The highest BCUT2D eigenvalue weighted by Gasteiger charge is 2.11. The number of aryl methyl sites for hydroxylation is 1. The summed E-state index contributed by atoms with van der Waals surface area (Å²) in [4.78, 5) is 12.6. The van der Waals surface area contributed by atoms with E-state index in [1.165, 1.54) is 0 Å². The van der Waals surface area contributed by atoms with Gasteiger partial charge in [-0.25, -0.2) is 0 Å². The van der Waals surface area contributed by atoms with Gasteiger partial charge in [-0.15, -0.1) is 0 Å². The first-order valence-corrected chi connectivity index (χ1v) is 7.75. The minimum Gasteiger partial charge on any atom is -0.322 e. The molecule has 0 atom stereocenters. The van der Waals surface area contributed by atoms with Crippen molar-refractivity contribution in [2.24, 2.45) is 0 Å². The van der Waals surface area contributed by atoms with Crippen molar-refractivity contribution >= 4 is 39.3 Å². The molecule has 2 aromatic carbocycles. The third-order valence-electron chi connectivity index (χ3n) is 2.71. The zero-order valence-corrected chi connectivity index (χ0v) is 13.5. The molecule has 0 aliphatic heterocycles. The van der Waals surface area contributed by atoms with Gasteiger partial charge in [0.05, 0.1) is 5.56 Å². The summed E-state index contributed by atoms with van der Waals surface area (Å²) in [6.45, 7) is 1.94. The lowest BCUT2D eigenvalue weighted by Crippen LogP contribution is -2.12. The molecule has 6 heteroatoms. The van der Waals surface area contributed by atoms with Crippen LogP contribution in [0.1, 0.15) is 15.9 Å². The van der Waals surface area contributed by atoms with Crippen molar-refractivity contribution in [3.05, 3.63) is 58.1 Å². The maximum Gasteiger partial charge on any atom is 0.288 e. The van der Waals surface area contributed by atoms with E-state index in [1.54, 1.807) is 30.3 Å². The number of carbonyl (C=O) groups is 1. The minimum atomic E-state index is -2.45. The van der Waals surface area contributed by atoms with Crippen LogP contribution in [-0.4, -0.2) is 11.7 Å².